The summed E-state index contributed by atoms with van der Waals surface area (Å²) in [6.07, 6.45) is 0. The van der Waals surface area contributed by atoms with Gasteiger partial charge in [-0.05, 0) is 59.1 Å². The number of halogens is 2. The van der Waals surface area contributed by atoms with Crippen LogP contribution in [0.1, 0.15) is 11.1 Å². The lowest BCUT2D eigenvalue weighted by Gasteiger charge is -2.15. The number of nitrogen functional groups attached to an aromatic ring is 1. The van der Waals surface area contributed by atoms with Gasteiger partial charge in [0.05, 0.1) is 11.4 Å². The van der Waals surface area contributed by atoms with Gasteiger partial charge in [0, 0.05) is 8.95 Å². The fraction of sp³-hybridized carbons (Fsp3) is 0.143. The zero-order valence-electron chi connectivity index (χ0n) is 11.4. The van der Waals surface area contributed by atoms with E-state index >= 15 is 0 Å². The van der Waals surface area contributed by atoms with Crippen LogP contribution in [0.5, 0.6) is 0 Å². The average Bonchev–Trinajstić information content (AvgIpc) is 2.38. The predicted octanol–water partition coefficient (Wildman–Crippen LogP) is 4.21. The van der Waals surface area contributed by atoms with Crippen LogP contribution in [-0.4, -0.2) is 8.42 Å². The highest BCUT2D eigenvalue weighted by atomic mass is 79.9. The minimum atomic E-state index is -3.76. The molecule has 2 rings (SSSR count). The third-order valence-electron chi connectivity index (χ3n) is 3.05. The van der Waals surface area contributed by atoms with Crippen molar-refractivity contribution in [3.63, 3.8) is 0 Å². The maximum Gasteiger partial charge on any atom is 0.264 e. The molecule has 7 heteroatoms. The molecule has 112 valence electrons. The maximum atomic E-state index is 12.6. The van der Waals surface area contributed by atoms with E-state index in [4.69, 9.17) is 5.73 Å². The van der Waals surface area contributed by atoms with Gasteiger partial charge in [-0.15, -0.1) is 0 Å². The highest BCUT2D eigenvalue weighted by Crippen LogP contribution is 2.31. The molecule has 0 bridgehead atoms. The summed E-state index contributed by atoms with van der Waals surface area (Å²) in [6.45, 7) is 3.50. The topological polar surface area (TPSA) is 72.2 Å². The summed E-state index contributed by atoms with van der Waals surface area (Å²) >= 11 is 6.65. The molecule has 0 atom stereocenters. The smallest absolute Gasteiger partial charge is 0.264 e. The Morgan fingerprint density at radius 2 is 1.67 bits per heavy atom. The molecule has 0 aromatic heterocycles. The SMILES string of the molecule is Cc1ccc(C)c(S(=O)(=O)Nc2cc(Br)ccc2Br)c1N. The normalized spacial score (nSPS) is 11.4. The highest BCUT2D eigenvalue weighted by molar-refractivity contribution is 9.11. The minimum Gasteiger partial charge on any atom is -0.397 e. The van der Waals surface area contributed by atoms with Crippen LogP contribution in [-0.2, 0) is 10.0 Å². The second-order valence-electron chi connectivity index (χ2n) is 4.67. The summed E-state index contributed by atoms with van der Waals surface area (Å²) in [5.74, 6) is 0. The van der Waals surface area contributed by atoms with E-state index in [9.17, 15) is 8.42 Å². The Labute approximate surface area is 141 Å². The molecular weight excluding hydrogens is 420 g/mol. The molecule has 0 aliphatic carbocycles. The Bertz CT molecular complexity index is 805. The molecule has 3 N–H and O–H groups in total. The summed E-state index contributed by atoms with van der Waals surface area (Å²) in [5, 5.41) is 0. The van der Waals surface area contributed by atoms with Gasteiger partial charge in [-0.2, -0.15) is 0 Å². The zero-order chi connectivity index (χ0) is 15.8. The number of nitrogens with one attached hydrogen (secondary N) is 1. The van der Waals surface area contributed by atoms with Crippen LogP contribution in [0.25, 0.3) is 0 Å². The van der Waals surface area contributed by atoms with Crippen molar-refractivity contribution >= 4 is 53.3 Å². The van der Waals surface area contributed by atoms with Gasteiger partial charge in [-0.1, -0.05) is 28.1 Å². The lowest BCUT2D eigenvalue weighted by atomic mass is 10.1. The maximum absolute atomic E-state index is 12.6. The van der Waals surface area contributed by atoms with Crippen LogP contribution in [0.4, 0.5) is 11.4 Å². The summed E-state index contributed by atoms with van der Waals surface area (Å²) < 4.78 is 29.3. The molecule has 2 aromatic carbocycles. The van der Waals surface area contributed by atoms with Gasteiger partial charge in [-0.3, -0.25) is 4.72 Å². The molecule has 0 aliphatic rings. The summed E-state index contributed by atoms with van der Waals surface area (Å²) in [6, 6.07) is 8.81. The van der Waals surface area contributed by atoms with Crippen molar-refractivity contribution in [2.75, 3.05) is 10.5 Å². The van der Waals surface area contributed by atoms with Crippen LogP contribution in [0.3, 0.4) is 0 Å². The van der Waals surface area contributed by atoms with E-state index < -0.39 is 10.0 Å². The third kappa shape index (κ3) is 3.41. The molecule has 2 aromatic rings. The number of nitrogens with two attached hydrogens (primary N) is 1. The van der Waals surface area contributed by atoms with Gasteiger partial charge in [0.15, 0.2) is 0 Å². The summed E-state index contributed by atoms with van der Waals surface area (Å²) in [7, 11) is -3.76. The second kappa shape index (κ2) is 5.98. The fourth-order valence-electron chi connectivity index (χ4n) is 1.94. The van der Waals surface area contributed by atoms with Crippen LogP contribution in [0.15, 0.2) is 44.2 Å². The van der Waals surface area contributed by atoms with Crippen molar-refractivity contribution in [2.24, 2.45) is 0 Å². The quantitative estimate of drug-likeness (QED) is 0.712. The molecule has 0 amide bonds. The summed E-state index contributed by atoms with van der Waals surface area (Å²) in [5.41, 5.74) is 8.01. The lowest BCUT2D eigenvalue weighted by molar-refractivity contribution is 0.601. The van der Waals surface area contributed by atoms with E-state index in [-0.39, 0.29) is 10.6 Å². The molecule has 0 saturated heterocycles. The molecule has 0 unspecified atom stereocenters. The average molecular weight is 434 g/mol. The number of benzene rings is 2. The first-order chi connectivity index (χ1) is 9.72. The van der Waals surface area contributed by atoms with E-state index in [1.54, 1.807) is 38.1 Å². The Kier molecular flexibility index (Phi) is 4.65. The van der Waals surface area contributed by atoms with Gasteiger partial charge in [0.25, 0.3) is 10.0 Å². The second-order valence-corrected chi connectivity index (χ2v) is 8.06. The molecule has 0 radical (unpaired) electrons. The van der Waals surface area contributed by atoms with Crippen LogP contribution in [0, 0.1) is 13.8 Å². The van der Waals surface area contributed by atoms with Crippen molar-refractivity contribution in [2.45, 2.75) is 18.7 Å². The number of hydrogen-bond donors (Lipinski definition) is 2. The zero-order valence-corrected chi connectivity index (χ0v) is 15.4. The first-order valence-electron chi connectivity index (χ1n) is 6.06. The van der Waals surface area contributed by atoms with Crippen molar-refractivity contribution in [3.05, 3.63) is 50.4 Å². The van der Waals surface area contributed by atoms with Gasteiger partial charge < -0.3 is 5.73 Å². The first kappa shape index (κ1) is 16.3. The van der Waals surface area contributed by atoms with Crippen molar-refractivity contribution in [3.8, 4) is 0 Å². The fourth-order valence-corrected chi connectivity index (χ4v) is 4.28. The van der Waals surface area contributed by atoms with Crippen molar-refractivity contribution < 1.29 is 8.42 Å². The highest BCUT2D eigenvalue weighted by Gasteiger charge is 2.22. The Balaban J connectivity index is 2.54. The lowest BCUT2D eigenvalue weighted by Crippen LogP contribution is -2.17. The number of aryl methyl sites for hydroxylation is 2. The molecule has 0 fully saturated rings. The van der Waals surface area contributed by atoms with Crippen molar-refractivity contribution in [1.82, 2.24) is 0 Å². The molecule has 4 nitrogen and oxygen atoms in total. The monoisotopic (exact) mass is 432 g/mol. The molecule has 0 heterocycles. The number of rotatable bonds is 3. The molecule has 0 spiro atoms. The number of hydrogen-bond acceptors (Lipinski definition) is 3. The van der Waals surface area contributed by atoms with E-state index in [0.29, 0.717) is 15.7 Å². The molecule has 0 aliphatic heterocycles. The van der Waals surface area contributed by atoms with Crippen LogP contribution < -0.4 is 10.5 Å². The minimum absolute atomic E-state index is 0.120. The van der Waals surface area contributed by atoms with Gasteiger partial charge in [-0.25, -0.2) is 8.42 Å². The van der Waals surface area contributed by atoms with E-state index in [1.165, 1.54) is 0 Å². The molecule has 21 heavy (non-hydrogen) atoms. The van der Waals surface area contributed by atoms with E-state index in [0.717, 1.165) is 10.0 Å². The van der Waals surface area contributed by atoms with Crippen LogP contribution >= 0.6 is 31.9 Å². The number of sulfonamides is 1. The Hall–Kier alpha value is -1.05. The van der Waals surface area contributed by atoms with E-state index in [1.807, 2.05) is 6.07 Å². The third-order valence-corrected chi connectivity index (χ3v) is 5.81. The van der Waals surface area contributed by atoms with Crippen LogP contribution in [0.2, 0.25) is 0 Å². The standard InChI is InChI=1S/C14H14Br2N2O2S/c1-8-3-4-9(2)14(13(8)17)21(19,20)18-12-7-10(15)5-6-11(12)16/h3-7,18H,17H2,1-2H3. The predicted molar refractivity (Wildman–Crippen MR) is 93.0 cm³/mol. The van der Waals surface area contributed by atoms with Gasteiger partial charge in [0.2, 0.25) is 0 Å². The molecular formula is C14H14Br2N2O2S. The van der Waals surface area contributed by atoms with E-state index in [2.05, 4.69) is 36.6 Å². The van der Waals surface area contributed by atoms with Crippen molar-refractivity contribution in [1.29, 1.82) is 0 Å². The van der Waals surface area contributed by atoms with Gasteiger partial charge in [0.1, 0.15) is 4.90 Å². The first-order valence-corrected chi connectivity index (χ1v) is 9.13. The number of anilines is 2. The Morgan fingerprint density at radius 3 is 2.33 bits per heavy atom. The largest absolute Gasteiger partial charge is 0.397 e. The van der Waals surface area contributed by atoms with Gasteiger partial charge >= 0.3 is 0 Å². The molecule has 0 saturated carbocycles. The Morgan fingerprint density at radius 1 is 1.05 bits per heavy atom. The summed E-state index contributed by atoms with van der Waals surface area (Å²) in [4.78, 5) is 0.120.